The highest BCUT2D eigenvalue weighted by atomic mass is 35.5. The van der Waals surface area contributed by atoms with Gasteiger partial charge in [0, 0.05) is 11.6 Å². The molecule has 0 atom stereocenters. The van der Waals surface area contributed by atoms with Gasteiger partial charge in [-0.2, -0.15) is 0 Å². The first kappa shape index (κ1) is 15.9. The highest BCUT2D eigenvalue weighted by Crippen LogP contribution is 2.22. The molecule has 2 N–H and O–H groups in total. The van der Waals surface area contributed by atoms with Crippen molar-refractivity contribution in [3.05, 3.63) is 64.2 Å². The van der Waals surface area contributed by atoms with Gasteiger partial charge in [0.25, 0.3) is 5.91 Å². The van der Waals surface area contributed by atoms with Gasteiger partial charge in [0.1, 0.15) is 5.75 Å². The van der Waals surface area contributed by atoms with Crippen molar-refractivity contribution < 1.29 is 19.4 Å². The van der Waals surface area contributed by atoms with Crippen LogP contribution in [-0.2, 0) is 6.54 Å². The Morgan fingerprint density at radius 1 is 1.18 bits per heavy atom. The van der Waals surface area contributed by atoms with Gasteiger partial charge >= 0.3 is 5.97 Å². The smallest absolute Gasteiger partial charge is 0.335 e. The maximum Gasteiger partial charge on any atom is 0.335 e. The molecular weight excluding hydrogens is 306 g/mol. The summed E-state index contributed by atoms with van der Waals surface area (Å²) in [5.41, 5.74) is 1.34. The summed E-state index contributed by atoms with van der Waals surface area (Å²) in [6, 6.07) is 11.1. The Bertz CT molecular complexity index is 698. The molecule has 114 valence electrons. The summed E-state index contributed by atoms with van der Waals surface area (Å²) in [5.74, 6) is -0.871. The van der Waals surface area contributed by atoms with Crippen LogP contribution >= 0.6 is 11.6 Å². The second kappa shape index (κ2) is 6.95. The first-order valence-electron chi connectivity index (χ1n) is 6.45. The van der Waals surface area contributed by atoms with E-state index in [2.05, 4.69) is 5.32 Å². The summed E-state index contributed by atoms with van der Waals surface area (Å²) < 4.78 is 5.13. The number of carboxylic acids is 1. The first-order chi connectivity index (χ1) is 10.5. The van der Waals surface area contributed by atoms with Gasteiger partial charge in [-0.25, -0.2) is 4.79 Å². The molecule has 0 unspecified atom stereocenters. The number of nitrogens with one attached hydrogen (secondary N) is 1. The lowest BCUT2D eigenvalue weighted by Crippen LogP contribution is -2.23. The fourth-order valence-electron chi connectivity index (χ4n) is 1.90. The van der Waals surface area contributed by atoms with Crippen molar-refractivity contribution in [2.45, 2.75) is 6.54 Å². The van der Waals surface area contributed by atoms with E-state index in [9.17, 15) is 9.59 Å². The molecule has 2 aromatic carbocycles. The lowest BCUT2D eigenvalue weighted by atomic mass is 10.1. The minimum absolute atomic E-state index is 0.201. The third kappa shape index (κ3) is 3.77. The van der Waals surface area contributed by atoms with Crippen molar-refractivity contribution in [1.29, 1.82) is 0 Å². The molecule has 0 heterocycles. The number of amides is 1. The molecule has 5 nitrogen and oxygen atoms in total. The lowest BCUT2D eigenvalue weighted by molar-refractivity contribution is 0.0696. The highest BCUT2D eigenvalue weighted by molar-refractivity contribution is 6.31. The van der Waals surface area contributed by atoms with Crippen LogP contribution in [0.25, 0.3) is 0 Å². The number of hydrogen-bond acceptors (Lipinski definition) is 3. The van der Waals surface area contributed by atoms with Crippen molar-refractivity contribution in [3.63, 3.8) is 0 Å². The number of carboxylic acid groups (broad SMARTS) is 1. The number of ether oxygens (including phenoxy) is 1. The number of carbonyl (C=O) groups excluding carboxylic acids is 1. The van der Waals surface area contributed by atoms with Gasteiger partial charge in [0.2, 0.25) is 0 Å². The van der Waals surface area contributed by atoms with Crippen LogP contribution in [0.3, 0.4) is 0 Å². The summed E-state index contributed by atoms with van der Waals surface area (Å²) >= 11 is 5.89. The topological polar surface area (TPSA) is 75.6 Å². The first-order valence-corrected chi connectivity index (χ1v) is 6.83. The normalized spacial score (nSPS) is 10.1. The summed E-state index contributed by atoms with van der Waals surface area (Å²) in [6.07, 6.45) is 0. The second-order valence-electron chi connectivity index (χ2n) is 4.53. The third-order valence-corrected chi connectivity index (χ3v) is 3.30. The molecular formula is C16H14ClNO4. The zero-order chi connectivity index (χ0) is 16.1. The predicted molar refractivity (Wildman–Crippen MR) is 82.6 cm³/mol. The second-order valence-corrected chi connectivity index (χ2v) is 4.97. The zero-order valence-electron chi connectivity index (χ0n) is 11.8. The minimum atomic E-state index is -0.987. The lowest BCUT2D eigenvalue weighted by Gasteiger charge is -2.10. The maximum atomic E-state index is 12.2. The van der Waals surface area contributed by atoms with E-state index < -0.39 is 5.97 Å². The van der Waals surface area contributed by atoms with Crippen LogP contribution in [0.2, 0.25) is 5.02 Å². The van der Waals surface area contributed by atoms with Gasteiger partial charge < -0.3 is 15.2 Å². The molecule has 0 aliphatic rings. The SMILES string of the molecule is COc1ccc(Cl)cc1C(=O)NCc1ccc(C(=O)O)cc1. The predicted octanol–water partition coefficient (Wildman–Crippen LogP) is 2.98. The van der Waals surface area contributed by atoms with Crippen LogP contribution < -0.4 is 10.1 Å². The van der Waals surface area contributed by atoms with E-state index in [-0.39, 0.29) is 18.0 Å². The van der Waals surface area contributed by atoms with Gasteiger partial charge in [-0.15, -0.1) is 0 Å². The molecule has 2 rings (SSSR count). The molecule has 0 saturated carbocycles. The fraction of sp³-hybridized carbons (Fsp3) is 0.125. The summed E-state index contributed by atoms with van der Waals surface area (Å²) in [4.78, 5) is 23.0. The Balaban J connectivity index is 2.06. The number of carbonyl (C=O) groups is 2. The molecule has 0 spiro atoms. The average Bonchev–Trinajstić information content (AvgIpc) is 2.53. The van der Waals surface area contributed by atoms with Gasteiger partial charge in [0.15, 0.2) is 0 Å². The van der Waals surface area contributed by atoms with E-state index in [1.807, 2.05) is 0 Å². The number of methoxy groups -OCH3 is 1. The summed E-state index contributed by atoms with van der Waals surface area (Å²) in [7, 11) is 1.48. The van der Waals surface area contributed by atoms with E-state index in [0.717, 1.165) is 5.56 Å². The van der Waals surface area contributed by atoms with Crippen LogP contribution in [0.5, 0.6) is 5.75 Å². The fourth-order valence-corrected chi connectivity index (χ4v) is 2.07. The number of hydrogen-bond donors (Lipinski definition) is 2. The zero-order valence-corrected chi connectivity index (χ0v) is 12.6. The number of rotatable bonds is 5. The Hall–Kier alpha value is -2.53. The van der Waals surface area contributed by atoms with E-state index >= 15 is 0 Å². The molecule has 0 aliphatic heterocycles. The van der Waals surface area contributed by atoms with E-state index in [1.54, 1.807) is 24.3 Å². The molecule has 2 aromatic rings. The highest BCUT2D eigenvalue weighted by Gasteiger charge is 2.12. The van der Waals surface area contributed by atoms with Crippen LogP contribution in [-0.4, -0.2) is 24.1 Å². The van der Waals surface area contributed by atoms with Crippen molar-refractivity contribution in [2.24, 2.45) is 0 Å². The summed E-state index contributed by atoms with van der Waals surface area (Å²) in [6.45, 7) is 0.272. The molecule has 0 radical (unpaired) electrons. The van der Waals surface area contributed by atoms with E-state index in [0.29, 0.717) is 16.3 Å². The molecule has 1 amide bonds. The molecule has 0 aliphatic carbocycles. The number of halogens is 1. The van der Waals surface area contributed by atoms with Crippen molar-refractivity contribution in [3.8, 4) is 5.75 Å². The molecule has 6 heteroatoms. The molecule has 0 aromatic heterocycles. The average molecular weight is 320 g/mol. The van der Waals surface area contributed by atoms with Gasteiger partial charge in [-0.05, 0) is 35.9 Å². The Kier molecular flexibility index (Phi) is 5.01. The van der Waals surface area contributed by atoms with Crippen molar-refractivity contribution in [1.82, 2.24) is 5.32 Å². The molecule has 22 heavy (non-hydrogen) atoms. The largest absolute Gasteiger partial charge is 0.496 e. The van der Waals surface area contributed by atoms with Crippen LogP contribution in [0.15, 0.2) is 42.5 Å². The number of aromatic carboxylic acids is 1. The van der Waals surface area contributed by atoms with Crippen molar-refractivity contribution >= 4 is 23.5 Å². The molecule has 0 fully saturated rings. The van der Waals surface area contributed by atoms with Gasteiger partial charge in [-0.3, -0.25) is 4.79 Å². The van der Waals surface area contributed by atoms with Crippen LogP contribution in [0.4, 0.5) is 0 Å². The van der Waals surface area contributed by atoms with E-state index in [1.165, 1.54) is 25.3 Å². The Labute approximate surface area is 132 Å². The number of benzene rings is 2. The van der Waals surface area contributed by atoms with E-state index in [4.69, 9.17) is 21.4 Å². The molecule has 0 bridgehead atoms. The van der Waals surface area contributed by atoms with Crippen molar-refractivity contribution in [2.75, 3.05) is 7.11 Å². The quantitative estimate of drug-likeness (QED) is 0.888. The maximum absolute atomic E-state index is 12.2. The summed E-state index contributed by atoms with van der Waals surface area (Å²) in [5, 5.41) is 12.0. The Morgan fingerprint density at radius 3 is 2.45 bits per heavy atom. The standard InChI is InChI=1S/C16H14ClNO4/c1-22-14-7-6-12(17)8-13(14)15(19)18-9-10-2-4-11(5-3-10)16(20)21/h2-8H,9H2,1H3,(H,18,19)(H,20,21). The Morgan fingerprint density at radius 2 is 1.86 bits per heavy atom. The minimum Gasteiger partial charge on any atom is -0.496 e. The molecule has 0 saturated heterocycles. The van der Waals surface area contributed by atoms with Crippen LogP contribution in [0, 0.1) is 0 Å². The van der Waals surface area contributed by atoms with Gasteiger partial charge in [-0.1, -0.05) is 23.7 Å². The van der Waals surface area contributed by atoms with Crippen LogP contribution in [0.1, 0.15) is 26.3 Å². The monoisotopic (exact) mass is 319 g/mol. The van der Waals surface area contributed by atoms with Gasteiger partial charge in [0.05, 0.1) is 18.2 Å². The third-order valence-electron chi connectivity index (χ3n) is 3.06.